The Morgan fingerprint density at radius 1 is 1.39 bits per heavy atom. The zero-order valence-electron chi connectivity index (χ0n) is 11.4. The van der Waals surface area contributed by atoms with E-state index < -0.39 is 5.97 Å². The summed E-state index contributed by atoms with van der Waals surface area (Å²) in [6.45, 7) is 4.06. The van der Waals surface area contributed by atoms with Crippen LogP contribution in [0.1, 0.15) is 35.6 Å². The van der Waals surface area contributed by atoms with E-state index in [1.54, 1.807) is 7.11 Å². The van der Waals surface area contributed by atoms with Gasteiger partial charge in [-0.3, -0.25) is 4.79 Å². The maximum atomic E-state index is 10.7. The molecule has 0 aromatic heterocycles. The number of aliphatic carboxylic acids is 1. The number of hydrogen-bond donors (Lipinski definition) is 2. The minimum absolute atomic E-state index is 0.0608. The van der Waals surface area contributed by atoms with Crippen LogP contribution in [-0.4, -0.2) is 25.2 Å². The van der Waals surface area contributed by atoms with E-state index in [4.69, 9.17) is 9.84 Å². The molecule has 1 unspecified atom stereocenters. The number of hydrogen-bond acceptors (Lipinski definition) is 3. The van der Waals surface area contributed by atoms with Gasteiger partial charge >= 0.3 is 5.97 Å². The normalized spacial score (nSPS) is 12.2. The molecular formula is C14H21NO3. The van der Waals surface area contributed by atoms with E-state index in [2.05, 4.69) is 5.32 Å². The molecule has 0 radical (unpaired) electrons. The van der Waals surface area contributed by atoms with Gasteiger partial charge in [-0.05, 0) is 50.1 Å². The first kappa shape index (κ1) is 14.5. The maximum absolute atomic E-state index is 10.7. The summed E-state index contributed by atoms with van der Waals surface area (Å²) in [6.07, 6.45) is 0.745. The number of carbonyl (C=O) groups is 1. The van der Waals surface area contributed by atoms with Crippen molar-refractivity contribution >= 4 is 5.97 Å². The molecule has 0 aliphatic heterocycles. The molecule has 1 aromatic rings. The van der Waals surface area contributed by atoms with Crippen LogP contribution in [0.3, 0.4) is 0 Å². The van der Waals surface area contributed by atoms with Crippen LogP contribution in [-0.2, 0) is 4.79 Å². The predicted molar refractivity (Wildman–Crippen MR) is 71.1 cm³/mol. The van der Waals surface area contributed by atoms with Crippen molar-refractivity contribution in [2.24, 2.45) is 0 Å². The highest BCUT2D eigenvalue weighted by Gasteiger charge is 2.16. The lowest BCUT2D eigenvalue weighted by Crippen LogP contribution is -2.19. The van der Waals surface area contributed by atoms with E-state index in [1.165, 1.54) is 0 Å². The second-order valence-electron chi connectivity index (χ2n) is 4.38. The van der Waals surface area contributed by atoms with Crippen LogP contribution < -0.4 is 10.1 Å². The van der Waals surface area contributed by atoms with Gasteiger partial charge in [0.2, 0.25) is 0 Å². The molecule has 0 bridgehead atoms. The lowest BCUT2D eigenvalue weighted by molar-refractivity contribution is -0.137. The van der Waals surface area contributed by atoms with Gasteiger partial charge in [-0.15, -0.1) is 0 Å². The highest BCUT2D eigenvalue weighted by molar-refractivity contribution is 5.66. The highest BCUT2D eigenvalue weighted by atomic mass is 16.5. The van der Waals surface area contributed by atoms with Gasteiger partial charge in [-0.2, -0.15) is 0 Å². The summed E-state index contributed by atoms with van der Waals surface area (Å²) >= 11 is 0. The van der Waals surface area contributed by atoms with Crippen molar-refractivity contribution < 1.29 is 14.6 Å². The summed E-state index contributed by atoms with van der Waals surface area (Å²) < 4.78 is 5.28. The fourth-order valence-electron chi connectivity index (χ4n) is 2.14. The summed E-state index contributed by atoms with van der Waals surface area (Å²) in [5.74, 6) is 0.0995. The molecule has 1 atom stereocenters. The van der Waals surface area contributed by atoms with E-state index in [9.17, 15) is 4.79 Å². The first-order chi connectivity index (χ1) is 8.51. The van der Waals surface area contributed by atoms with Gasteiger partial charge in [0.1, 0.15) is 5.75 Å². The third-order valence-electron chi connectivity index (χ3n) is 3.37. The topological polar surface area (TPSA) is 58.6 Å². The van der Waals surface area contributed by atoms with Crippen molar-refractivity contribution in [1.29, 1.82) is 0 Å². The Kier molecular flexibility index (Phi) is 5.16. The molecule has 0 fully saturated rings. The first-order valence-corrected chi connectivity index (χ1v) is 6.04. The van der Waals surface area contributed by atoms with Crippen LogP contribution in [0.4, 0.5) is 0 Å². The van der Waals surface area contributed by atoms with Gasteiger partial charge in [-0.25, -0.2) is 0 Å². The maximum Gasteiger partial charge on any atom is 0.303 e. The van der Waals surface area contributed by atoms with Gasteiger partial charge in [0.05, 0.1) is 7.11 Å². The van der Waals surface area contributed by atoms with E-state index in [0.717, 1.165) is 22.4 Å². The third-order valence-corrected chi connectivity index (χ3v) is 3.37. The highest BCUT2D eigenvalue weighted by Crippen LogP contribution is 2.29. The largest absolute Gasteiger partial charge is 0.496 e. The second kappa shape index (κ2) is 6.40. The zero-order valence-corrected chi connectivity index (χ0v) is 11.4. The standard InChI is InChI=1S/C14H21NO3/c1-9-10(2)13(18-4)7-5-11(9)12(15-3)6-8-14(16)17/h5,7,12,15H,6,8H2,1-4H3,(H,16,17). The molecule has 1 aromatic carbocycles. The summed E-state index contributed by atoms with van der Waals surface area (Å²) in [6, 6.07) is 4.00. The number of nitrogens with one attached hydrogen (secondary N) is 1. The molecule has 0 heterocycles. The molecule has 0 aliphatic rings. The lowest BCUT2D eigenvalue weighted by Gasteiger charge is -2.20. The number of benzene rings is 1. The minimum atomic E-state index is -0.766. The molecule has 1 rings (SSSR count). The smallest absolute Gasteiger partial charge is 0.303 e. The van der Waals surface area contributed by atoms with Crippen molar-refractivity contribution in [2.45, 2.75) is 32.7 Å². The quantitative estimate of drug-likeness (QED) is 0.815. The van der Waals surface area contributed by atoms with Crippen molar-refractivity contribution in [3.8, 4) is 5.75 Å². The molecule has 0 saturated carbocycles. The third kappa shape index (κ3) is 3.23. The Hall–Kier alpha value is -1.55. The van der Waals surface area contributed by atoms with Gasteiger partial charge < -0.3 is 15.2 Å². The number of carboxylic acid groups (broad SMARTS) is 1. The lowest BCUT2D eigenvalue weighted by atomic mass is 9.94. The molecule has 0 spiro atoms. The molecule has 0 saturated heterocycles. The van der Waals surface area contributed by atoms with Gasteiger partial charge in [0, 0.05) is 12.5 Å². The summed E-state index contributed by atoms with van der Waals surface area (Å²) in [5.41, 5.74) is 3.39. The SMILES string of the molecule is CNC(CCC(=O)O)c1ccc(OC)c(C)c1C. The first-order valence-electron chi connectivity index (χ1n) is 6.04. The Morgan fingerprint density at radius 2 is 2.06 bits per heavy atom. The molecule has 100 valence electrons. The summed E-state index contributed by atoms with van der Waals surface area (Å²) in [5, 5.41) is 11.9. The van der Waals surface area contributed by atoms with Crippen molar-refractivity contribution in [1.82, 2.24) is 5.32 Å². The fraction of sp³-hybridized carbons (Fsp3) is 0.500. The summed E-state index contributed by atoms with van der Waals surface area (Å²) in [7, 11) is 3.51. The second-order valence-corrected chi connectivity index (χ2v) is 4.38. The number of methoxy groups -OCH3 is 1. The Bertz CT molecular complexity index is 429. The molecule has 4 heteroatoms. The molecular weight excluding hydrogens is 230 g/mol. The van der Waals surface area contributed by atoms with Gasteiger partial charge in [-0.1, -0.05) is 6.07 Å². The van der Waals surface area contributed by atoms with Crippen molar-refractivity contribution in [3.05, 3.63) is 28.8 Å². The Balaban J connectivity index is 2.99. The number of carboxylic acids is 1. The average molecular weight is 251 g/mol. The number of ether oxygens (including phenoxy) is 1. The van der Waals surface area contributed by atoms with E-state index in [1.807, 2.05) is 33.0 Å². The van der Waals surface area contributed by atoms with Gasteiger partial charge in [0.15, 0.2) is 0 Å². The average Bonchev–Trinajstić information content (AvgIpc) is 2.34. The fourth-order valence-corrected chi connectivity index (χ4v) is 2.14. The van der Waals surface area contributed by atoms with Gasteiger partial charge in [0.25, 0.3) is 0 Å². The molecule has 18 heavy (non-hydrogen) atoms. The van der Waals surface area contributed by atoms with E-state index in [0.29, 0.717) is 6.42 Å². The molecule has 4 nitrogen and oxygen atoms in total. The monoisotopic (exact) mass is 251 g/mol. The van der Waals surface area contributed by atoms with Crippen molar-refractivity contribution in [2.75, 3.05) is 14.2 Å². The summed E-state index contributed by atoms with van der Waals surface area (Å²) in [4.78, 5) is 10.7. The molecule has 0 amide bonds. The predicted octanol–water partition coefficient (Wildman–Crippen LogP) is 2.44. The van der Waals surface area contributed by atoms with Crippen LogP contribution in [0.15, 0.2) is 12.1 Å². The van der Waals surface area contributed by atoms with E-state index >= 15 is 0 Å². The zero-order chi connectivity index (χ0) is 13.7. The Morgan fingerprint density at radius 3 is 2.56 bits per heavy atom. The minimum Gasteiger partial charge on any atom is -0.496 e. The Labute approximate surface area is 108 Å². The molecule has 2 N–H and O–H groups in total. The van der Waals surface area contributed by atoms with Crippen LogP contribution >= 0.6 is 0 Å². The van der Waals surface area contributed by atoms with Crippen LogP contribution in [0.25, 0.3) is 0 Å². The van der Waals surface area contributed by atoms with E-state index in [-0.39, 0.29) is 12.5 Å². The van der Waals surface area contributed by atoms with Crippen LogP contribution in [0.2, 0.25) is 0 Å². The van der Waals surface area contributed by atoms with Crippen LogP contribution in [0.5, 0.6) is 5.75 Å². The number of rotatable bonds is 6. The van der Waals surface area contributed by atoms with Crippen molar-refractivity contribution in [3.63, 3.8) is 0 Å². The van der Waals surface area contributed by atoms with Crippen LogP contribution in [0, 0.1) is 13.8 Å². The molecule has 0 aliphatic carbocycles.